The van der Waals surface area contributed by atoms with E-state index in [4.69, 9.17) is 14.5 Å². The van der Waals surface area contributed by atoms with Gasteiger partial charge in [-0.05, 0) is 101 Å². The number of benzene rings is 3. The Bertz CT molecular complexity index is 2130. The summed E-state index contributed by atoms with van der Waals surface area (Å²) in [5.41, 5.74) is -3.55. The number of methoxy groups -OCH3 is 2. The number of anilines is 2. The van der Waals surface area contributed by atoms with Crippen molar-refractivity contribution in [1.29, 1.82) is 0 Å². The predicted octanol–water partition coefficient (Wildman–Crippen LogP) is 8.91. The van der Waals surface area contributed by atoms with Crippen LogP contribution in [0.4, 0.5) is 38.4 Å². The first-order valence-corrected chi connectivity index (χ1v) is 18.4. The van der Waals surface area contributed by atoms with Crippen LogP contribution in [-0.4, -0.2) is 76.5 Å². The molecule has 0 unspecified atom stereocenters. The Hall–Kier alpha value is -4.65. The summed E-state index contributed by atoms with van der Waals surface area (Å²) in [5.74, 6) is 0.344. The SMILES string of the molecule is COc1ccc(CN(Cc2ccc(OC)cc2)c2cc(C)c(I)c(-c3c(SC(F)(F)F)cc4c(N5CCN(C(=O)O)C[C@@H]5C)nc(F)nc4c3F)n2)cc1. The van der Waals surface area contributed by atoms with Crippen LogP contribution in [0.1, 0.15) is 23.6 Å². The highest BCUT2D eigenvalue weighted by atomic mass is 127. The zero-order chi connectivity index (χ0) is 38.9. The fourth-order valence-electron chi connectivity index (χ4n) is 6.34. The maximum absolute atomic E-state index is 17.0. The van der Waals surface area contributed by atoms with Crippen LogP contribution in [-0.2, 0) is 13.1 Å². The summed E-state index contributed by atoms with van der Waals surface area (Å²) in [6, 6.07) is 17.1. The van der Waals surface area contributed by atoms with E-state index >= 15 is 8.78 Å². The van der Waals surface area contributed by atoms with E-state index in [1.165, 1.54) is 4.90 Å². The fourth-order valence-corrected chi connectivity index (χ4v) is 7.60. The summed E-state index contributed by atoms with van der Waals surface area (Å²) >= 11 is 1.41. The Morgan fingerprint density at radius 2 is 1.56 bits per heavy atom. The minimum Gasteiger partial charge on any atom is -0.497 e. The largest absolute Gasteiger partial charge is 0.497 e. The molecule has 0 bridgehead atoms. The smallest absolute Gasteiger partial charge is 0.446 e. The van der Waals surface area contributed by atoms with E-state index in [2.05, 4.69) is 9.97 Å². The van der Waals surface area contributed by atoms with Crippen molar-refractivity contribution >= 4 is 63.0 Å². The molecule has 17 heteroatoms. The molecule has 0 saturated carbocycles. The third-order valence-electron chi connectivity index (χ3n) is 9.00. The van der Waals surface area contributed by atoms with Crippen LogP contribution in [0.3, 0.4) is 0 Å². The average Bonchev–Trinajstić information content (AvgIpc) is 3.13. The zero-order valence-corrected chi connectivity index (χ0v) is 32.4. The lowest BCUT2D eigenvalue weighted by molar-refractivity contribution is -0.0328. The van der Waals surface area contributed by atoms with Gasteiger partial charge in [0.1, 0.15) is 28.7 Å². The standard InChI is InChI=1S/C37H34F5IN6O4S/c1-20-15-28(48(18-22-5-9-24(52-3)10-6-22)19-23-7-11-25(53-4)12-8-23)44-33(31(20)43)29-27(54-37(40,41)42)16-26-32(30(29)38)45-35(39)46-34(26)49-14-13-47(36(50)51)17-21(49)2/h5-12,15-16,21H,13-14,17-19H2,1-4H3,(H,50,51)/t21-/m0/s1. The van der Waals surface area contributed by atoms with Crippen LogP contribution in [0.15, 0.2) is 65.6 Å². The summed E-state index contributed by atoms with van der Waals surface area (Å²) in [6.45, 7) is 4.15. The molecule has 0 aliphatic carbocycles. The number of ether oxygens (including phenoxy) is 2. The molecular weight excluding hydrogens is 846 g/mol. The Morgan fingerprint density at radius 1 is 0.963 bits per heavy atom. The second-order valence-corrected chi connectivity index (χ2v) is 14.8. The molecule has 10 nitrogen and oxygen atoms in total. The minimum atomic E-state index is -4.84. The first kappa shape index (κ1) is 39.1. The van der Waals surface area contributed by atoms with Crippen molar-refractivity contribution in [2.75, 3.05) is 43.7 Å². The van der Waals surface area contributed by atoms with E-state index in [-0.39, 0.29) is 36.5 Å². The molecule has 5 aromatic rings. The number of hydrogen-bond donors (Lipinski definition) is 1. The number of hydrogen-bond acceptors (Lipinski definition) is 9. The number of pyridine rings is 1. The molecule has 0 radical (unpaired) electrons. The van der Waals surface area contributed by atoms with Crippen LogP contribution in [0.25, 0.3) is 22.2 Å². The van der Waals surface area contributed by atoms with Crippen molar-refractivity contribution in [3.63, 3.8) is 0 Å². The van der Waals surface area contributed by atoms with Crippen molar-refractivity contribution in [3.05, 3.63) is 92.8 Å². The van der Waals surface area contributed by atoms with E-state index in [9.17, 15) is 23.1 Å². The molecule has 1 aliphatic heterocycles. The number of piperazine rings is 1. The number of carboxylic acid groups (broad SMARTS) is 1. The second kappa shape index (κ2) is 16.0. The molecule has 3 aromatic carbocycles. The van der Waals surface area contributed by atoms with Gasteiger partial charge in [0.25, 0.3) is 0 Å². The number of fused-ring (bicyclic) bond motifs is 1. The average molecular weight is 881 g/mol. The summed E-state index contributed by atoms with van der Waals surface area (Å²) in [4.78, 5) is 28.2. The quantitative estimate of drug-likeness (QED) is 0.0634. The van der Waals surface area contributed by atoms with Crippen molar-refractivity contribution in [2.45, 2.75) is 43.4 Å². The number of aromatic nitrogens is 3. The summed E-state index contributed by atoms with van der Waals surface area (Å²) in [7, 11) is 3.12. The van der Waals surface area contributed by atoms with Gasteiger partial charge in [-0.3, -0.25) is 0 Å². The molecule has 2 aromatic heterocycles. The number of thioether (sulfide) groups is 1. The van der Waals surface area contributed by atoms with E-state index in [0.717, 1.165) is 17.2 Å². The Morgan fingerprint density at radius 3 is 2.07 bits per heavy atom. The van der Waals surface area contributed by atoms with Crippen LogP contribution in [0.5, 0.6) is 11.5 Å². The van der Waals surface area contributed by atoms with Crippen molar-refractivity contribution < 1.29 is 41.3 Å². The minimum absolute atomic E-state index is 0.0188. The Labute approximate surface area is 325 Å². The topological polar surface area (TPSA) is 104 Å². The lowest BCUT2D eigenvalue weighted by Crippen LogP contribution is -2.53. The number of nitrogens with zero attached hydrogens (tertiary/aromatic N) is 6. The van der Waals surface area contributed by atoms with Crippen molar-refractivity contribution in [1.82, 2.24) is 19.9 Å². The molecule has 1 saturated heterocycles. The van der Waals surface area contributed by atoms with Gasteiger partial charge in [-0.25, -0.2) is 14.2 Å². The Balaban J connectivity index is 1.52. The van der Waals surface area contributed by atoms with Crippen LogP contribution in [0, 0.1) is 22.4 Å². The molecule has 54 heavy (non-hydrogen) atoms. The lowest BCUT2D eigenvalue weighted by Gasteiger charge is -2.39. The number of alkyl halides is 3. The summed E-state index contributed by atoms with van der Waals surface area (Å²) < 4.78 is 86.0. The van der Waals surface area contributed by atoms with Gasteiger partial charge in [-0.1, -0.05) is 24.3 Å². The van der Waals surface area contributed by atoms with Gasteiger partial charge < -0.3 is 29.3 Å². The zero-order valence-electron chi connectivity index (χ0n) is 29.4. The van der Waals surface area contributed by atoms with Gasteiger partial charge in [0.05, 0.1) is 25.5 Å². The molecule has 1 fully saturated rings. The molecule has 1 aliphatic rings. The molecule has 6 rings (SSSR count). The highest BCUT2D eigenvalue weighted by Crippen LogP contribution is 2.47. The second-order valence-electron chi connectivity index (χ2n) is 12.6. The third kappa shape index (κ3) is 8.51. The normalized spacial score (nSPS) is 14.7. The molecule has 1 N–H and O–H groups in total. The van der Waals surface area contributed by atoms with Crippen LogP contribution < -0.4 is 19.3 Å². The van der Waals surface area contributed by atoms with E-state index in [1.807, 2.05) is 76.0 Å². The van der Waals surface area contributed by atoms with Gasteiger partial charge in [0, 0.05) is 52.6 Å². The van der Waals surface area contributed by atoms with E-state index < -0.39 is 57.3 Å². The summed E-state index contributed by atoms with van der Waals surface area (Å²) in [5, 5.41) is 9.33. The van der Waals surface area contributed by atoms with Crippen molar-refractivity contribution in [2.24, 2.45) is 0 Å². The third-order valence-corrected chi connectivity index (χ3v) is 11.1. The van der Waals surface area contributed by atoms with Gasteiger partial charge in [-0.2, -0.15) is 27.5 Å². The lowest BCUT2D eigenvalue weighted by atomic mass is 10.0. The maximum atomic E-state index is 17.0. The maximum Gasteiger partial charge on any atom is 0.446 e. The molecule has 284 valence electrons. The number of aryl methyl sites for hydroxylation is 1. The number of carbonyl (C=O) groups is 1. The highest BCUT2D eigenvalue weighted by molar-refractivity contribution is 14.1. The monoisotopic (exact) mass is 880 g/mol. The first-order valence-electron chi connectivity index (χ1n) is 16.5. The number of rotatable bonds is 10. The van der Waals surface area contributed by atoms with Gasteiger partial charge in [0.2, 0.25) is 0 Å². The Kier molecular flexibility index (Phi) is 11.6. The predicted molar refractivity (Wildman–Crippen MR) is 204 cm³/mol. The first-order chi connectivity index (χ1) is 25.6. The van der Waals surface area contributed by atoms with Crippen LogP contribution >= 0.6 is 34.4 Å². The van der Waals surface area contributed by atoms with Crippen LogP contribution in [0.2, 0.25) is 0 Å². The molecular formula is C37H34F5IN6O4S. The highest BCUT2D eigenvalue weighted by Gasteiger charge is 2.36. The number of halogens is 6. The van der Waals surface area contributed by atoms with E-state index in [0.29, 0.717) is 39.5 Å². The van der Waals surface area contributed by atoms with Gasteiger partial charge >= 0.3 is 17.7 Å². The molecule has 0 spiro atoms. The van der Waals surface area contributed by atoms with E-state index in [1.54, 1.807) is 39.0 Å². The summed E-state index contributed by atoms with van der Waals surface area (Å²) in [6.07, 6.45) is -2.44. The number of amides is 1. The van der Waals surface area contributed by atoms with Gasteiger partial charge in [0.15, 0.2) is 5.82 Å². The van der Waals surface area contributed by atoms with Crippen molar-refractivity contribution in [3.8, 4) is 22.8 Å². The molecule has 3 heterocycles. The fraction of sp³-hybridized carbons (Fsp3) is 0.297. The molecule has 1 atom stereocenters. The molecule has 1 amide bonds. The van der Waals surface area contributed by atoms with Gasteiger partial charge in [-0.15, -0.1) is 0 Å².